The van der Waals surface area contributed by atoms with Crippen LogP contribution >= 0.6 is 0 Å². The van der Waals surface area contributed by atoms with E-state index in [1.54, 1.807) is 19.0 Å². The van der Waals surface area contributed by atoms with E-state index >= 15 is 0 Å². The van der Waals surface area contributed by atoms with E-state index < -0.39 is 0 Å². The van der Waals surface area contributed by atoms with Crippen molar-refractivity contribution in [3.05, 3.63) is 53.6 Å². The average molecular weight is 362 g/mol. The van der Waals surface area contributed by atoms with Crippen LogP contribution in [0.5, 0.6) is 0 Å². The first kappa shape index (κ1) is 18.5. The summed E-state index contributed by atoms with van der Waals surface area (Å²) in [6.07, 6.45) is 2.51. The molecule has 3 rings (SSSR count). The second-order valence-corrected chi connectivity index (χ2v) is 6.82. The molecular formula is C21H22N4O2. The molecule has 138 valence electrons. The highest BCUT2D eigenvalue weighted by Crippen LogP contribution is 2.35. The van der Waals surface area contributed by atoms with E-state index in [0.717, 1.165) is 22.3 Å². The lowest BCUT2D eigenvalue weighted by atomic mass is 9.96. The molecule has 2 aromatic carbocycles. The molecule has 0 unspecified atom stereocenters. The second kappa shape index (κ2) is 7.92. The summed E-state index contributed by atoms with van der Waals surface area (Å²) >= 11 is 0. The number of carbonyl (C=O) groups is 2. The average Bonchev–Trinajstić information content (AvgIpc) is 3.09. The summed E-state index contributed by atoms with van der Waals surface area (Å²) in [4.78, 5) is 27.1. The van der Waals surface area contributed by atoms with Crippen LogP contribution < -0.4 is 5.32 Å². The molecular weight excluding hydrogens is 340 g/mol. The van der Waals surface area contributed by atoms with Crippen molar-refractivity contribution >= 4 is 17.5 Å². The maximum atomic E-state index is 12.3. The van der Waals surface area contributed by atoms with Gasteiger partial charge in [-0.2, -0.15) is 5.26 Å². The molecule has 0 saturated carbocycles. The quantitative estimate of drug-likeness (QED) is 0.830. The molecule has 2 aromatic rings. The molecule has 27 heavy (non-hydrogen) atoms. The Labute approximate surface area is 159 Å². The Hall–Kier alpha value is -3.33. The molecule has 6 nitrogen and oxygen atoms in total. The Kier molecular flexibility index (Phi) is 5.41. The van der Waals surface area contributed by atoms with Crippen molar-refractivity contribution < 1.29 is 9.59 Å². The Bertz CT molecular complexity index is 900. The van der Waals surface area contributed by atoms with E-state index in [1.165, 1.54) is 4.90 Å². The fourth-order valence-electron chi connectivity index (χ4n) is 3.20. The molecule has 0 atom stereocenters. The highest BCUT2D eigenvalue weighted by molar-refractivity contribution is 5.94. The van der Waals surface area contributed by atoms with E-state index in [2.05, 4.69) is 11.5 Å². The van der Waals surface area contributed by atoms with Crippen LogP contribution in [0.4, 0.5) is 5.69 Å². The summed E-state index contributed by atoms with van der Waals surface area (Å²) in [6.45, 7) is 1.11. The number of nitrogens with zero attached hydrogens (tertiary/aromatic N) is 3. The molecule has 0 spiro atoms. The van der Waals surface area contributed by atoms with Crippen molar-refractivity contribution in [1.82, 2.24) is 9.80 Å². The maximum absolute atomic E-state index is 12.3. The fourth-order valence-corrected chi connectivity index (χ4v) is 3.20. The predicted molar refractivity (Wildman–Crippen MR) is 103 cm³/mol. The third-order valence-electron chi connectivity index (χ3n) is 4.63. The maximum Gasteiger partial charge on any atom is 0.224 e. The smallest absolute Gasteiger partial charge is 0.224 e. The highest BCUT2D eigenvalue weighted by Gasteiger charge is 2.23. The number of hydrogen-bond donors (Lipinski definition) is 1. The monoisotopic (exact) mass is 362 g/mol. The molecule has 0 fully saturated rings. The van der Waals surface area contributed by atoms with E-state index in [4.69, 9.17) is 0 Å². The lowest BCUT2D eigenvalue weighted by Gasteiger charge is -2.13. The van der Waals surface area contributed by atoms with Gasteiger partial charge in [0.05, 0.1) is 13.1 Å². The van der Waals surface area contributed by atoms with Crippen molar-refractivity contribution in [3.63, 3.8) is 0 Å². The molecule has 1 heterocycles. The summed E-state index contributed by atoms with van der Waals surface area (Å²) in [5.74, 6) is -0.270. The summed E-state index contributed by atoms with van der Waals surface area (Å²) in [6, 6.07) is 13.8. The molecule has 0 aromatic heterocycles. The van der Waals surface area contributed by atoms with E-state index in [0.29, 0.717) is 18.8 Å². The van der Waals surface area contributed by atoms with Crippen LogP contribution in [-0.2, 0) is 22.7 Å². The molecule has 1 aliphatic rings. The van der Waals surface area contributed by atoms with E-state index in [1.807, 2.05) is 42.5 Å². The third kappa shape index (κ3) is 4.26. The zero-order valence-electron chi connectivity index (χ0n) is 15.5. The van der Waals surface area contributed by atoms with Gasteiger partial charge in [0, 0.05) is 32.6 Å². The number of nitriles is 1. The SMILES string of the molecule is CN(C)C(=O)CCC(=O)Nc1cc2c(c(-c3ccccc3)c1)CN(C#N)C2. The number of amides is 2. The Morgan fingerprint density at radius 2 is 1.89 bits per heavy atom. The first-order valence-corrected chi connectivity index (χ1v) is 8.84. The molecule has 1 N–H and O–H groups in total. The fraction of sp³-hybridized carbons (Fsp3) is 0.286. The third-order valence-corrected chi connectivity index (χ3v) is 4.63. The normalized spacial score (nSPS) is 12.3. The van der Waals surface area contributed by atoms with Gasteiger partial charge < -0.3 is 15.1 Å². The Morgan fingerprint density at radius 1 is 1.15 bits per heavy atom. The van der Waals surface area contributed by atoms with Gasteiger partial charge in [-0.1, -0.05) is 30.3 Å². The van der Waals surface area contributed by atoms with Crippen molar-refractivity contribution in [2.45, 2.75) is 25.9 Å². The molecule has 0 saturated heterocycles. The van der Waals surface area contributed by atoms with Crippen LogP contribution in [0.25, 0.3) is 11.1 Å². The van der Waals surface area contributed by atoms with Crippen LogP contribution in [0.3, 0.4) is 0 Å². The Morgan fingerprint density at radius 3 is 2.56 bits per heavy atom. The number of rotatable bonds is 5. The lowest BCUT2D eigenvalue weighted by Crippen LogP contribution is -2.23. The molecule has 2 amide bonds. The van der Waals surface area contributed by atoms with Gasteiger partial charge in [-0.3, -0.25) is 9.59 Å². The first-order chi connectivity index (χ1) is 13.0. The molecule has 0 bridgehead atoms. The zero-order chi connectivity index (χ0) is 19.4. The summed E-state index contributed by atoms with van der Waals surface area (Å²) in [7, 11) is 3.35. The molecule has 1 aliphatic heterocycles. The minimum Gasteiger partial charge on any atom is -0.349 e. The lowest BCUT2D eigenvalue weighted by molar-refractivity contribution is -0.130. The predicted octanol–water partition coefficient (Wildman–Crippen LogP) is 2.96. The van der Waals surface area contributed by atoms with Gasteiger partial charge in [-0.25, -0.2) is 0 Å². The van der Waals surface area contributed by atoms with Crippen LogP contribution in [0.2, 0.25) is 0 Å². The van der Waals surface area contributed by atoms with Gasteiger partial charge in [0.15, 0.2) is 6.19 Å². The number of hydrogen-bond acceptors (Lipinski definition) is 4. The van der Waals surface area contributed by atoms with Gasteiger partial charge in [0.1, 0.15) is 0 Å². The van der Waals surface area contributed by atoms with Gasteiger partial charge in [0.25, 0.3) is 0 Å². The number of nitrogens with one attached hydrogen (secondary N) is 1. The van der Waals surface area contributed by atoms with Gasteiger partial charge in [-0.05, 0) is 34.4 Å². The standard InChI is InChI=1S/C21H22N4O2/c1-24(2)21(27)9-8-20(26)23-17-10-16-12-25(14-22)13-19(16)18(11-17)15-6-4-3-5-7-15/h3-7,10-11H,8-9,12-13H2,1-2H3,(H,23,26). The summed E-state index contributed by atoms with van der Waals surface area (Å²) < 4.78 is 0. The van der Waals surface area contributed by atoms with Gasteiger partial charge >= 0.3 is 0 Å². The number of benzene rings is 2. The van der Waals surface area contributed by atoms with Crippen molar-refractivity contribution in [1.29, 1.82) is 5.26 Å². The van der Waals surface area contributed by atoms with Crippen molar-refractivity contribution in [3.8, 4) is 17.3 Å². The largest absolute Gasteiger partial charge is 0.349 e. The zero-order valence-corrected chi connectivity index (χ0v) is 15.5. The Balaban J connectivity index is 1.84. The number of anilines is 1. The number of fused-ring (bicyclic) bond motifs is 1. The van der Waals surface area contributed by atoms with E-state index in [-0.39, 0.29) is 24.7 Å². The van der Waals surface area contributed by atoms with Crippen molar-refractivity contribution in [2.75, 3.05) is 19.4 Å². The van der Waals surface area contributed by atoms with Crippen molar-refractivity contribution in [2.24, 2.45) is 0 Å². The molecule has 0 radical (unpaired) electrons. The summed E-state index contributed by atoms with van der Waals surface area (Å²) in [5.41, 5.74) is 4.91. The minimum absolute atomic E-state index is 0.0752. The van der Waals surface area contributed by atoms with E-state index in [9.17, 15) is 14.9 Å². The van der Waals surface area contributed by atoms with Crippen LogP contribution in [0.1, 0.15) is 24.0 Å². The first-order valence-electron chi connectivity index (χ1n) is 8.84. The molecule has 0 aliphatic carbocycles. The van der Waals surface area contributed by atoms with Crippen LogP contribution in [-0.4, -0.2) is 35.7 Å². The second-order valence-electron chi connectivity index (χ2n) is 6.82. The summed E-state index contributed by atoms with van der Waals surface area (Å²) in [5, 5.41) is 12.1. The van der Waals surface area contributed by atoms with Crippen LogP contribution in [0.15, 0.2) is 42.5 Å². The van der Waals surface area contributed by atoms with Crippen LogP contribution in [0, 0.1) is 11.5 Å². The topological polar surface area (TPSA) is 76.4 Å². The van der Waals surface area contributed by atoms with Gasteiger partial charge in [0.2, 0.25) is 11.8 Å². The molecule has 6 heteroatoms. The highest BCUT2D eigenvalue weighted by atomic mass is 16.2. The number of carbonyl (C=O) groups excluding carboxylic acids is 2. The van der Waals surface area contributed by atoms with Gasteiger partial charge in [-0.15, -0.1) is 0 Å². The minimum atomic E-state index is -0.195.